The highest BCUT2D eigenvalue weighted by Crippen LogP contribution is 2.36. The van der Waals surface area contributed by atoms with Gasteiger partial charge in [0.25, 0.3) is 0 Å². The largest absolute Gasteiger partial charge is 0.307 e. The minimum atomic E-state index is 0.540. The molecule has 2 aliphatic rings. The zero-order chi connectivity index (χ0) is 14.1. The van der Waals surface area contributed by atoms with Gasteiger partial charge in [-0.25, -0.2) is 0 Å². The number of hydrogen-bond donors (Lipinski definition) is 1. The van der Waals surface area contributed by atoms with Crippen molar-refractivity contribution in [2.75, 3.05) is 5.75 Å². The van der Waals surface area contributed by atoms with Gasteiger partial charge in [-0.1, -0.05) is 42.5 Å². The van der Waals surface area contributed by atoms with Crippen LogP contribution in [0.3, 0.4) is 0 Å². The van der Waals surface area contributed by atoms with Gasteiger partial charge in [-0.2, -0.15) is 0 Å². The normalized spacial score (nSPS) is 24.2. The lowest BCUT2D eigenvalue weighted by molar-refractivity contribution is 0.388. The molecule has 1 nitrogen and oxygen atoms in total. The Hall–Kier alpha value is -1.25. The van der Waals surface area contributed by atoms with Crippen molar-refractivity contribution in [2.24, 2.45) is 0 Å². The molecule has 2 atom stereocenters. The van der Waals surface area contributed by atoms with Crippen molar-refractivity contribution in [2.45, 2.75) is 42.7 Å². The van der Waals surface area contributed by atoms with Crippen molar-refractivity contribution < 1.29 is 0 Å². The highest BCUT2D eigenvalue weighted by molar-refractivity contribution is 7.99. The van der Waals surface area contributed by atoms with Crippen LogP contribution in [-0.4, -0.2) is 11.8 Å². The Morgan fingerprint density at radius 1 is 0.905 bits per heavy atom. The number of nitrogens with one attached hydrogen (secondary N) is 1. The van der Waals surface area contributed by atoms with E-state index in [1.165, 1.54) is 41.9 Å². The first-order chi connectivity index (χ1) is 10.4. The van der Waals surface area contributed by atoms with E-state index in [1.807, 2.05) is 11.8 Å². The van der Waals surface area contributed by atoms with Crippen molar-refractivity contribution in [3.8, 4) is 0 Å². The van der Waals surface area contributed by atoms with Gasteiger partial charge < -0.3 is 5.32 Å². The zero-order valence-corrected chi connectivity index (χ0v) is 13.0. The summed E-state index contributed by atoms with van der Waals surface area (Å²) in [7, 11) is 0. The van der Waals surface area contributed by atoms with Crippen LogP contribution in [0.25, 0.3) is 0 Å². The first-order valence-electron chi connectivity index (χ1n) is 7.95. The molecule has 0 fully saturated rings. The summed E-state index contributed by atoms with van der Waals surface area (Å²) in [5.41, 5.74) is 4.60. The van der Waals surface area contributed by atoms with Crippen LogP contribution in [0.2, 0.25) is 0 Å². The minimum Gasteiger partial charge on any atom is -0.307 e. The molecule has 21 heavy (non-hydrogen) atoms. The number of fused-ring (bicyclic) bond motifs is 2. The van der Waals surface area contributed by atoms with E-state index in [9.17, 15) is 0 Å². The van der Waals surface area contributed by atoms with Crippen LogP contribution < -0.4 is 5.32 Å². The predicted molar refractivity (Wildman–Crippen MR) is 89.9 cm³/mol. The third-order valence-corrected chi connectivity index (χ3v) is 5.86. The van der Waals surface area contributed by atoms with Gasteiger partial charge >= 0.3 is 0 Å². The topological polar surface area (TPSA) is 12.0 Å². The van der Waals surface area contributed by atoms with Crippen LogP contribution in [0, 0.1) is 0 Å². The van der Waals surface area contributed by atoms with Crippen LogP contribution in [0.5, 0.6) is 0 Å². The molecule has 0 aromatic heterocycles. The molecule has 0 saturated carbocycles. The van der Waals surface area contributed by atoms with Gasteiger partial charge in [-0.3, -0.25) is 0 Å². The zero-order valence-electron chi connectivity index (χ0n) is 12.2. The van der Waals surface area contributed by atoms with Crippen molar-refractivity contribution in [1.29, 1.82) is 0 Å². The van der Waals surface area contributed by atoms with Crippen LogP contribution in [0.1, 0.15) is 35.6 Å². The Morgan fingerprint density at radius 2 is 1.71 bits per heavy atom. The van der Waals surface area contributed by atoms with E-state index in [-0.39, 0.29) is 0 Å². The van der Waals surface area contributed by atoms with Crippen LogP contribution in [0.4, 0.5) is 0 Å². The quantitative estimate of drug-likeness (QED) is 0.883. The molecule has 4 rings (SSSR count). The smallest absolute Gasteiger partial charge is 0.0341 e. The van der Waals surface area contributed by atoms with Crippen LogP contribution in [-0.2, 0) is 12.8 Å². The Morgan fingerprint density at radius 3 is 2.67 bits per heavy atom. The molecule has 0 saturated heterocycles. The molecule has 2 heteroatoms. The SMILES string of the molecule is c1ccc2c(c1)CCC(NC1CCSc3ccccc31)C2. The van der Waals surface area contributed by atoms with Crippen molar-refractivity contribution in [3.05, 3.63) is 65.2 Å². The fourth-order valence-electron chi connectivity index (χ4n) is 3.64. The molecule has 0 bridgehead atoms. The third kappa shape index (κ3) is 2.75. The Bertz CT molecular complexity index is 637. The van der Waals surface area contributed by atoms with Gasteiger partial charge in [-0.05, 0) is 54.2 Å². The Balaban J connectivity index is 1.51. The number of hydrogen-bond acceptors (Lipinski definition) is 2. The predicted octanol–water partition coefficient (Wildman–Crippen LogP) is 4.37. The van der Waals surface area contributed by atoms with Gasteiger partial charge in [0.2, 0.25) is 0 Å². The molecule has 0 amide bonds. The molecule has 1 heterocycles. The van der Waals surface area contributed by atoms with E-state index in [0.29, 0.717) is 12.1 Å². The van der Waals surface area contributed by atoms with E-state index >= 15 is 0 Å². The standard InChI is InChI=1S/C19H21NS/c1-2-6-15-13-16(10-9-14(15)5-1)20-18-11-12-21-19-8-4-3-7-17(18)19/h1-8,16,18,20H,9-13H2. The van der Waals surface area contributed by atoms with Crippen molar-refractivity contribution in [1.82, 2.24) is 5.32 Å². The van der Waals surface area contributed by atoms with Crippen molar-refractivity contribution in [3.63, 3.8) is 0 Å². The maximum absolute atomic E-state index is 3.94. The summed E-state index contributed by atoms with van der Waals surface area (Å²) in [6, 6.07) is 19.0. The second-order valence-corrected chi connectivity index (χ2v) is 7.24. The highest BCUT2D eigenvalue weighted by atomic mass is 32.2. The number of benzene rings is 2. The summed E-state index contributed by atoms with van der Waals surface area (Å²) in [4.78, 5) is 1.47. The first kappa shape index (κ1) is 13.4. The van der Waals surface area contributed by atoms with E-state index in [2.05, 4.69) is 53.8 Å². The summed E-state index contributed by atoms with van der Waals surface area (Å²) in [6.45, 7) is 0. The van der Waals surface area contributed by atoms with Crippen LogP contribution in [0.15, 0.2) is 53.4 Å². The van der Waals surface area contributed by atoms with E-state index in [1.54, 1.807) is 11.1 Å². The number of aryl methyl sites for hydroxylation is 1. The lowest BCUT2D eigenvalue weighted by atomic mass is 9.87. The molecular formula is C19H21NS. The third-order valence-electron chi connectivity index (χ3n) is 4.74. The molecule has 1 aliphatic heterocycles. The minimum absolute atomic E-state index is 0.540. The van der Waals surface area contributed by atoms with Crippen LogP contribution >= 0.6 is 11.8 Å². The first-order valence-corrected chi connectivity index (χ1v) is 8.93. The summed E-state index contributed by atoms with van der Waals surface area (Å²) in [5.74, 6) is 1.23. The maximum Gasteiger partial charge on any atom is 0.0341 e. The molecule has 108 valence electrons. The molecule has 2 aromatic carbocycles. The summed E-state index contributed by atoms with van der Waals surface area (Å²) < 4.78 is 0. The lowest BCUT2D eigenvalue weighted by Crippen LogP contribution is -2.38. The van der Waals surface area contributed by atoms with Gasteiger partial charge in [-0.15, -0.1) is 11.8 Å². The van der Waals surface area contributed by atoms with Gasteiger partial charge in [0, 0.05) is 17.0 Å². The number of thioether (sulfide) groups is 1. The second-order valence-electron chi connectivity index (χ2n) is 6.10. The van der Waals surface area contributed by atoms with Gasteiger partial charge in [0.1, 0.15) is 0 Å². The molecular weight excluding hydrogens is 274 g/mol. The van der Waals surface area contributed by atoms with Gasteiger partial charge in [0.05, 0.1) is 0 Å². The summed E-state index contributed by atoms with van der Waals surface area (Å²) in [5, 5.41) is 3.94. The summed E-state index contributed by atoms with van der Waals surface area (Å²) >= 11 is 2.00. The van der Waals surface area contributed by atoms with Crippen molar-refractivity contribution >= 4 is 11.8 Å². The monoisotopic (exact) mass is 295 g/mol. The van der Waals surface area contributed by atoms with E-state index in [0.717, 1.165) is 0 Å². The second kappa shape index (κ2) is 5.86. The maximum atomic E-state index is 3.94. The Labute approximate surface area is 131 Å². The fourth-order valence-corrected chi connectivity index (χ4v) is 4.76. The van der Waals surface area contributed by atoms with E-state index in [4.69, 9.17) is 0 Å². The molecule has 0 radical (unpaired) electrons. The average Bonchev–Trinajstić information content (AvgIpc) is 2.55. The molecule has 2 unspecified atom stereocenters. The molecule has 0 spiro atoms. The Kier molecular flexibility index (Phi) is 3.74. The molecule has 1 aliphatic carbocycles. The van der Waals surface area contributed by atoms with E-state index < -0.39 is 0 Å². The fraction of sp³-hybridized carbons (Fsp3) is 0.368. The lowest BCUT2D eigenvalue weighted by Gasteiger charge is -2.33. The van der Waals surface area contributed by atoms with Gasteiger partial charge in [0.15, 0.2) is 0 Å². The average molecular weight is 295 g/mol. The molecule has 2 aromatic rings. The highest BCUT2D eigenvalue weighted by Gasteiger charge is 2.25. The summed E-state index contributed by atoms with van der Waals surface area (Å²) in [6.07, 6.45) is 4.92. The molecule has 1 N–H and O–H groups in total. The number of rotatable bonds is 2.